The second-order valence-electron chi connectivity index (χ2n) is 2.87. The number of carboxylic acid groups (broad SMARTS) is 1. The molecule has 0 fully saturated rings. The molecule has 3 nitrogen and oxygen atoms in total. The van der Waals surface area contributed by atoms with Crippen LogP contribution in [0.1, 0.15) is 10.4 Å². The van der Waals surface area contributed by atoms with Gasteiger partial charge in [-0.25, -0.2) is 4.79 Å². The highest BCUT2D eigenvalue weighted by Crippen LogP contribution is 2.16. The highest BCUT2D eigenvalue weighted by molar-refractivity contribution is 14.1. The van der Waals surface area contributed by atoms with E-state index in [0.29, 0.717) is 5.52 Å². The van der Waals surface area contributed by atoms with Crippen LogP contribution in [-0.2, 0) is 0 Å². The van der Waals surface area contributed by atoms with E-state index in [-0.39, 0.29) is 18.0 Å². The zero-order chi connectivity index (χ0) is 10.1. The smallest absolute Gasteiger partial charge is 0.335 e. The Hall–Kier alpha value is -0.880. The Morgan fingerprint density at radius 2 is 2.07 bits per heavy atom. The summed E-state index contributed by atoms with van der Waals surface area (Å²) in [6.07, 6.45) is 1.72. The maximum atomic E-state index is 10.7. The molecule has 1 aromatic carbocycles. The van der Waals surface area contributed by atoms with Crippen molar-refractivity contribution in [2.75, 3.05) is 0 Å². The van der Waals surface area contributed by atoms with E-state index in [1.807, 2.05) is 6.07 Å². The maximum Gasteiger partial charge on any atom is 0.335 e. The number of hydrogen-bond donors (Lipinski definition) is 1. The molecule has 78 valence electrons. The van der Waals surface area contributed by atoms with E-state index in [1.165, 1.54) is 0 Å². The molecule has 0 aliphatic rings. The molecule has 0 bridgehead atoms. The second-order valence-corrected chi connectivity index (χ2v) is 4.11. The van der Waals surface area contributed by atoms with E-state index in [9.17, 15) is 4.79 Å². The summed E-state index contributed by atoms with van der Waals surface area (Å²) in [5, 5.41) is 9.73. The second kappa shape index (κ2) is 4.76. The van der Waals surface area contributed by atoms with Crippen LogP contribution in [0.3, 0.4) is 0 Å². The first-order chi connectivity index (χ1) is 6.66. The van der Waals surface area contributed by atoms with Crippen LogP contribution in [0.4, 0.5) is 0 Å². The average molecular weight is 336 g/mol. The standard InChI is InChI=1S/C10H6INO2.ClH/c11-8-3-6-1-2-7(10(13)14)4-9(6)12-5-8;/h1-5H,(H,13,14);1H. The van der Waals surface area contributed by atoms with Gasteiger partial charge in [0.25, 0.3) is 0 Å². The first-order valence-electron chi connectivity index (χ1n) is 3.95. The van der Waals surface area contributed by atoms with Gasteiger partial charge in [-0.05, 0) is 40.8 Å². The molecule has 0 amide bonds. The largest absolute Gasteiger partial charge is 0.478 e. The summed E-state index contributed by atoms with van der Waals surface area (Å²) < 4.78 is 1.04. The Kier molecular flexibility index (Phi) is 3.87. The Bertz CT molecular complexity index is 516. The number of carboxylic acids is 1. The fourth-order valence-electron chi connectivity index (χ4n) is 1.23. The van der Waals surface area contributed by atoms with Gasteiger partial charge >= 0.3 is 5.97 Å². The van der Waals surface area contributed by atoms with Gasteiger partial charge in [-0.3, -0.25) is 4.98 Å². The lowest BCUT2D eigenvalue weighted by atomic mass is 10.1. The minimum absolute atomic E-state index is 0. The molecule has 0 radical (unpaired) electrons. The number of pyridine rings is 1. The molecule has 0 saturated heterocycles. The van der Waals surface area contributed by atoms with Gasteiger partial charge in [-0.2, -0.15) is 0 Å². The number of fused-ring (bicyclic) bond motifs is 1. The molecule has 2 aromatic rings. The summed E-state index contributed by atoms with van der Waals surface area (Å²) in [5.41, 5.74) is 0.983. The molecule has 15 heavy (non-hydrogen) atoms. The fraction of sp³-hybridized carbons (Fsp3) is 0. The van der Waals surface area contributed by atoms with Gasteiger partial charge in [0.15, 0.2) is 0 Å². The Labute approximate surface area is 106 Å². The molecule has 0 spiro atoms. The first-order valence-corrected chi connectivity index (χ1v) is 5.03. The lowest BCUT2D eigenvalue weighted by Gasteiger charge is -1.99. The summed E-state index contributed by atoms with van der Waals surface area (Å²) in [7, 11) is 0. The van der Waals surface area contributed by atoms with Gasteiger partial charge in [-0.15, -0.1) is 12.4 Å². The van der Waals surface area contributed by atoms with Gasteiger partial charge in [0.2, 0.25) is 0 Å². The number of hydrogen-bond acceptors (Lipinski definition) is 2. The fourth-order valence-corrected chi connectivity index (χ4v) is 1.70. The minimum atomic E-state index is -0.924. The number of halogens is 2. The van der Waals surface area contributed by atoms with Crippen LogP contribution in [0.5, 0.6) is 0 Å². The summed E-state index contributed by atoms with van der Waals surface area (Å²) in [6.45, 7) is 0. The van der Waals surface area contributed by atoms with Crippen LogP contribution < -0.4 is 0 Å². The van der Waals surface area contributed by atoms with Gasteiger partial charge in [0.1, 0.15) is 0 Å². The van der Waals surface area contributed by atoms with Gasteiger partial charge < -0.3 is 5.11 Å². The van der Waals surface area contributed by atoms with Crippen molar-refractivity contribution in [3.63, 3.8) is 0 Å². The van der Waals surface area contributed by atoms with E-state index >= 15 is 0 Å². The lowest BCUT2D eigenvalue weighted by Crippen LogP contribution is -1.95. The van der Waals surface area contributed by atoms with Gasteiger partial charge in [0, 0.05) is 15.2 Å². The van der Waals surface area contributed by atoms with Crippen LogP contribution in [0.15, 0.2) is 30.5 Å². The number of rotatable bonds is 1. The Morgan fingerprint density at radius 1 is 1.33 bits per heavy atom. The van der Waals surface area contributed by atoms with Crippen LogP contribution in [-0.4, -0.2) is 16.1 Å². The van der Waals surface area contributed by atoms with Crippen molar-refractivity contribution in [3.8, 4) is 0 Å². The first kappa shape index (κ1) is 12.2. The Balaban J connectivity index is 0.00000112. The van der Waals surface area contributed by atoms with E-state index in [0.717, 1.165) is 8.96 Å². The number of carbonyl (C=O) groups is 1. The number of benzene rings is 1. The van der Waals surface area contributed by atoms with Crippen molar-refractivity contribution in [2.45, 2.75) is 0 Å². The summed E-state index contributed by atoms with van der Waals surface area (Å²) >= 11 is 2.17. The highest BCUT2D eigenvalue weighted by Gasteiger charge is 2.03. The SMILES string of the molecule is Cl.O=C(O)c1ccc2cc(I)cnc2c1. The van der Waals surface area contributed by atoms with E-state index in [4.69, 9.17) is 5.11 Å². The molecule has 0 aliphatic carbocycles. The molecule has 0 atom stereocenters. The number of aromatic nitrogens is 1. The molecular weight excluding hydrogens is 328 g/mol. The molecule has 1 heterocycles. The van der Waals surface area contributed by atoms with Crippen LogP contribution in [0.2, 0.25) is 0 Å². The van der Waals surface area contributed by atoms with E-state index in [1.54, 1.807) is 24.4 Å². The molecular formula is C10H7ClINO2. The van der Waals surface area contributed by atoms with Gasteiger partial charge in [0.05, 0.1) is 11.1 Å². The predicted molar refractivity (Wildman–Crippen MR) is 68.7 cm³/mol. The summed E-state index contributed by atoms with van der Waals surface area (Å²) in [4.78, 5) is 14.8. The van der Waals surface area contributed by atoms with E-state index < -0.39 is 5.97 Å². The lowest BCUT2D eigenvalue weighted by molar-refractivity contribution is 0.0697. The molecule has 2 rings (SSSR count). The minimum Gasteiger partial charge on any atom is -0.478 e. The highest BCUT2D eigenvalue weighted by atomic mass is 127. The quantitative estimate of drug-likeness (QED) is 0.815. The molecule has 0 aliphatic heterocycles. The van der Waals surface area contributed by atoms with Crippen LogP contribution in [0, 0.1) is 3.57 Å². The normalized spacial score (nSPS) is 9.67. The molecule has 5 heteroatoms. The predicted octanol–water partition coefficient (Wildman–Crippen LogP) is 2.96. The number of nitrogens with zero attached hydrogens (tertiary/aromatic N) is 1. The monoisotopic (exact) mass is 335 g/mol. The maximum absolute atomic E-state index is 10.7. The zero-order valence-electron chi connectivity index (χ0n) is 7.48. The van der Waals surface area contributed by atoms with Crippen molar-refractivity contribution in [3.05, 3.63) is 39.6 Å². The molecule has 1 N–H and O–H groups in total. The average Bonchev–Trinajstić information content (AvgIpc) is 2.16. The third kappa shape index (κ3) is 2.57. The Morgan fingerprint density at radius 3 is 2.73 bits per heavy atom. The third-order valence-corrected chi connectivity index (χ3v) is 2.49. The summed E-state index contributed by atoms with van der Waals surface area (Å²) in [6, 6.07) is 6.90. The molecule has 0 saturated carbocycles. The van der Waals surface area contributed by atoms with E-state index in [2.05, 4.69) is 27.6 Å². The molecule has 0 unspecified atom stereocenters. The topological polar surface area (TPSA) is 50.2 Å². The van der Waals surface area contributed by atoms with Gasteiger partial charge in [-0.1, -0.05) is 6.07 Å². The summed E-state index contributed by atoms with van der Waals surface area (Å²) in [5.74, 6) is -0.924. The van der Waals surface area contributed by atoms with Crippen molar-refractivity contribution in [1.29, 1.82) is 0 Å². The van der Waals surface area contributed by atoms with Crippen molar-refractivity contribution >= 4 is 51.9 Å². The van der Waals surface area contributed by atoms with Crippen molar-refractivity contribution in [1.82, 2.24) is 4.98 Å². The van der Waals surface area contributed by atoms with Crippen molar-refractivity contribution < 1.29 is 9.90 Å². The van der Waals surface area contributed by atoms with Crippen molar-refractivity contribution in [2.24, 2.45) is 0 Å². The van der Waals surface area contributed by atoms with Crippen LogP contribution in [0.25, 0.3) is 10.9 Å². The zero-order valence-corrected chi connectivity index (χ0v) is 10.4. The third-order valence-electron chi connectivity index (χ3n) is 1.90. The molecule has 1 aromatic heterocycles. The number of aromatic carboxylic acids is 1. The van der Waals surface area contributed by atoms with Crippen LogP contribution >= 0.6 is 35.0 Å².